The Morgan fingerprint density at radius 2 is 1.78 bits per heavy atom. The van der Waals surface area contributed by atoms with Crippen LogP contribution >= 0.6 is 15.9 Å². The first kappa shape index (κ1) is 13.3. The highest BCUT2D eigenvalue weighted by atomic mass is 79.9. The van der Waals surface area contributed by atoms with E-state index >= 15 is 0 Å². The largest absolute Gasteiger partial charge is 0.388 e. The molecule has 0 radical (unpaired) electrons. The molecule has 0 spiro atoms. The van der Waals surface area contributed by atoms with Crippen molar-refractivity contribution in [2.24, 2.45) is 0 Å². The Bertz CT molecular complexity index is 549. The van der Waals surface area contributed by atoms with Crippen molar-refractivity contribution in [2.75, 3.05) is 0 Å². The van der Waals surface area contributed by atoms with Gasteiger partial charge in [0.05, 0.1) is 6.10 Å². The van der Waals surface area contributed by atoms with Gasteiger partial charge in [0, 0.05) is 10.9 Å². The normalized spacial score (nSPS) is 12.4. The minimum Gasteiger partial charge on any atom is -0.388 e. The van der Waals surface area contributed by atoms with Gasteiger partial charge in [0.25, 0.3) is 0 Å². The van der Waals surface area contributed by atoms with Crippen LogP contribution in [0, 0.1) is 13.8 Å². The first-order valence-corrected chi connectivity index (χ1v) is 6.86. The lowest BCUT2D eigenvalue weighted by Crippen LogP contribution is -2.05. The maximum atomic E-state index is 10.4. The van der Waals surface area contributed by atoms with Crippen LogP contribution in [-0.4, -0.2) is 5.11 Å². The van der Waals surface area contributed by atoms with E-state index in [0.29, 0.717) is 6.42 Å². The lowest BCUT2D eigenvalue weighted by Gasteiger charge is -2.15. The van der Waals surface area contributed by atoms with Crippen LogP contribution < -0.4 is 0 Å². The van der Waals surface area contributed by atoms with Gasteiger partial charge in [-0.1, -0.05) is 46.3 Å². The van der Waals surface area contributed by atoms with Gasteiger partial charge in [0.2, 0.25) is 0 Å². The van der Waals surface area contributed by atoms with Gasteiger partial charge in [-0.3, -0.25) is 0 Å². The molecular formula is C16H17BrO. The molecule has 94 valence electrons. The van der Waals surface area contributed by atoms with Crippen molar-refractivity contribution in [1.29, 1.82) is 0 Å². The summed E-state index contributed by atoms with van der Waals surface area (Å²) >= 11 is 3.45. The van der Waals surface area contributed by atoms with Crippen LogP contribution in [0.1, 0.15) is 28.4 Å². The molecule has 0 aliphatic heterocycles. The third-order valence-electron chi connectivity index (χ3n) is 3.27. The smallest absolute Gasteiger partial charge is 0.0833 e. The summed E-state index contributed by atoms with van der Waals surface area (Å²) < 4.78 is 1.01. The fraction of sp³-hybridized carbons (Fsp3) is 0.250. The molecule has 0 aliphatic carbocycles. The monoisotopic (exact) mass is 304 g/mol. The molecule has 0 aliphatic rings. The Balaban J connectivity index is 2.25. The summed E-state index contributed by atoms with van der Waals surface area (Å²) in [6.45, 7) is 4.11. The van der Waals surface area contributed by atoms with Gasteiger partial charge in [-0.05, 0) is 48.2 Å². The maximum Gasteiger partial charge on any atom is 0.0833 e. The SMILES string of the molecule is Cc1ccccc1CC(O)c1cc(Br)ccc1C. The van der Waals surface area contributed by atoms with Crippen molar-refractivity contribution >= 4 is 15.9 Å². The standard InChI is InChI=1S/C16H17BrO/c1-11-5-3-4-6-13(11)9-16(18)15-10-14(17)8-7-12(15)2/h3-8,10,16,18H,9H2,1-2H3. The first-order valence-electron chi connectivity index (χ1n) is 6.06. The van der Waals surface area contributed by atoms with Crippen LogP contribution in [0.5, 0.6) is 0 Å². The van der Waals surface area contributed by atoms with Gasteiger partial charge in [-0.25, -0.2) is 0 Å². The number of aryl methyl sites for hydroxylation is 2. The number of aliphatic hydroxyl groups excluding tert-OH is 1. The zero-order valence-electron chi connectivity index (χ0n) is 10.7. The molecule has 0 amide bonds. The molecular weight excluding hydrogens is 288 g/mol. The fourth-order valence-electron chi connectivity index (χ4n) is 2.13. The molecule has 1 atom stereocenters. The summed E-state index contributed by atoms with van der Waals surface area (Å²) in [5.74, 6) is 0. The van der Waals surface area contributed by atoms with Crippen molar-refractivity contribution in [3.05, 3.63) is 69.2 Å². The summed E-state index contributed by atoms with van der Waals surface area (Å²) in [6.07, 6.45) is 0.202. The van der Waals surface area contributed by atoms with E-state index in [4.69, 9.17) is 0 Å². The van der Waals surface area contributed by atoms with Crippen molar-refractivity contribution in [3.63, 3.8) is 0 Å². The average Bonchev–Trinajstić information content (AvgIpc) is 2.35. The van der Waals surface area contributed by atoms with Gasteiger partial charge < -0.3 is 5.11 Å². The van der Waals surface area contributed by atoms with E-state index in [1.807, 2.05) is 37.3 Å². The summed E-state index contributed by atoms with van der Waals surface area (Å²) in [5.41, 5.74) is 4.54. The molecule has 0 saturated carbocycles. The molecule has 0 saturated heterocycles. The minimum atomic E-state index is -0.455. The highest BCUT2D eigenvalue weighted by Gasteiger charge is 2.12. The molecule has 1 N–H and O–H groups in total. The lowest BCUT2D eigenvalue weighted by molar-refractivity contribution is 0.177. The number of benzene rings is 2. The van der Waals surface area contributed by atoms with E-state index in [1.54, 1.807) is 0 Å². The number of hydrogen-bond acceptors (Lipinski definition) is 1. The molecule has 0 heterocycles. The van der Waals surface area contributed by atoms with E-state index in [0.717, 1.165) is 15.6 Å². The third-order valence-corrected chi connectivity index (χ3v) is 3.77. The highest BCUT2D eigenvalue weighted by Crippen LogP contribution is 2.25. The van der Waals surface area contributed by atoms with E-state index in [9.17, 15) is 5.11 Å². The summed E-state index contributed by atoms with van der Waals surface area (Å²) in [5, 5.41) is 10.4. The molecule has 2 aromatic rings. The van der Waals surface area contributed by atoms with Crippen molar-refractivity contribution in [2.45, 2.75) is 26.4 Å². The molecule has 18 heavy (non-hydrogen) atoms. The van der Waals surface area contributed by atoms with Crippen LogP contribution in [0.15, 0.2) is 46.9 Å². The van der Waals surface area contributed by atoms with Crippen molar-refractivity contribution < 1.29 is 5.11 Å². The first-order chi connectivity index (χ1) is 8.58. The summed E-state index contributed by atoms with van der Waals surface area (Å²) in [6, 6.07) is 14.2. The second-order valence-corrected chi connectivity index (χ2v) is 5.56. The topological polar surface area (TPSA) is 20.2 Å². The molecule has 0 aromatic heterocycles. The second kappa shape index (κ2) is 5.68. The van der Waals surface area contributed by atoms with E-state index in [2.05, 4.69) is 35.0 Å². The van der Waals surface area contributed by atoms with Gasteiger partial charge in [0.1, 0.15) is 0 Å². The zero-order chi connectivity index (χ0) is 13.1. The fourth-order valence-corrected chi connectivity index (χ4v) is 2.51. The van der Waals surface area contributed by atoms with Gasteiger partial charge in [0.15, 0.2) is 0 Å². The van der Waals surface area contributed by atoms with Gasteiger partial charge in [-0.15, -0.1) is 0 Å². The van der Waals surface area contributed by atoms with Gasteiger partial charge >= 0.3 is 0 Å². The van der Waals surface area contributed by atoms with Crippen LogP contribution in [0.3, 0.4) is 0 Å². The Morgan fingerprint density at radius 3 is 2.50 bits per heavy atom. The Morgan fingerprint density at radius 1 is 1.06 bits per heavy atom. The van der Waals surface area contributed by atoms with Crippen LogP contribution in [0.25, 0.3) is 0 Å². The van der Waals surface area contributed by atoms with Gasteiger partial charge in [-0.2, -0.15) is 0 Å². The maximum absolute atomic E-state index is 10.4. The quantitative estimate of drug-likeness (QED) is 0.894. The Labute approximate surface area is 117 Å². The average molecular weight is 305 g/mol. The van der Waals surface area contributed by atoms with E-state index in [-0.39, 0.29) is 0 Å². The number of aliphatic hydroxyl groups is 1. The Kier molecular flexibility index (Phi) is 4.20. The predicted molar refractivity (Wildman–Crippen MR) is 78.7 cm³/mol. The highest BCUT2D eigenvalue weighted by molar-refractivity contribution is 9.10. The van der Waals surface area contributed by atoms with E-state index in [1.165, 1.54) is 11.1 Å². The number of rotatable bonds is 3. The van der Waals surface area contributed by atoms with Crippen LogP contribution in [-0.2, 0) is 6.42 Å². The Hall–Kier alpha value is -1.12. The number of halogens is 1. The molecule has 0 bridgehead atoms. The second-order valence-electron chi connectivity index (χ2n) is 4.65. The lowest BCUT2D eigenvalue weighted by atomic mass is 9.96. The molecule has 1 unspecified atom stereocenters. The van der Waals surface area contributed by atoms with Crippen molar-refractivity contribution in [1.82, 2.24) is 0 Å². The molecule has 2 rings (SSSR count). The van der Waals surface area contributed by atoms with E-state index < -0.39 is 6.10 Å². The van der Waals surface area contributed by atoms with Crippen molar-refractivity contribution in [3.8, 4) is 0 Å². The summed E-state index contributed by atoms with van der Waals surface area (Å²) in [4.78, 5) is 0. The number of hydrogen-bond donors (Lipinski definition) is 1. The predicted octanol–water partition coefficient (Wildman–Crippen LogP) is 4.34. The minimum absolute atomic E-state index is 0.455. The molecule has 0 fully saturated rings. The molecule has 2 aromatic carbocycles. The zero-order valence-corrected chi connectivity index (χ0v) is 12.2. The molecule has 1 nitrogen and oxygen atoms in total. The summed E-state index contributed by atoms with van der Waals surface area (Å²) in [7, 11) is 0. The van der Waals surface area contributed by atoms with Crippen LogP contribution in [0.4, 0.5) is 0 Å². The third kappa shape index (κ3) is 3.01. The molecule has 2 heteroatoms. The van der Waals surface area contributed by atoms with Crippen LogP contribution in [0.2, 0.25) is 0 Å².